The molecule has 26 heavy (non-hydrogen) atoms. The first-order valence-corrected chi connectivity index (χ1v) is 8.47. The molecule has 7 nitrogen and oxygen atoms in total. The Hall–Kier alpha value is -2.77. The predicted molar refractivity (Wildman–Crippen MR) is 94.7 cm³/mol. The summed E-state index contributed by atoms with van der Waals surface area (Å²) in [5, 5.41) is 13.7. The smallest absolute Gasteiger partial charge is 0.269 e. The summed E-state index contributed by atoms with van der Waals surface area (Å²) in [6.07, 6.45) is 0.935. The van der Waals surface area contributed by atoms with E-state index in [1.54, 1.807) is 24.3 Å². The van der Waals surface area contributed by atoms with Crippen LogP contribution in [-0.4, -0.2) is 30.1 Å². The highest BCUT2D eigenvalue weighted by Crippen LogP contribution is 2.24. The quantitative estimate of drug-likeness (QED) is 0.671. The van der Waals surface area contributed by atoms with Crippen LogP contribution in [0.4, 0.5) is 5.69 Å². The molecule has 2 aromatic carbocycles. The lowest BCUT2D eigenvalue weighted by molar-refractivity contribution is -0.384. The van der Waals surface area contributed by atoms with Gasteiger partial charge in [0.05, 0.1) is 24.2 Å². The third kappa shape index (κ3) is 4.65. The number of hydrogen-bond acceptors (Lipinski definition) is 5. The lowest BCUT2D eigenvalue weighted by Crippen LogP contribution is -2.39. The summed E-state index contributed by atoms with van der Waals surface area (Å²) in [6.45, 7) is 0.791. The van der Waals surface area contributed by atoms with Crippen LogP contribution in [-0.2, 0) is 9.47 Å². The molecule has 136 valence electrons. The number of rotatable bonds is 4. The Morgan fingerprint density at radius 1 is 1.08 bits per heavy atom. The molecule has 1 N–H and O–H groups in total. The van der Waals surface area contributed by atoms with E-state index in [0.29, 0.717) is 24.3 Å². The van der Waals surface area contributed by atoms with Gasteiger partial charge < -0.3 is 14.8 Å². The van der Waals surface area contributed by atoms with E-state index in [1.165, 1.54) is 12.1 Å². The van der Waals surface area contributed by atoms with Gasteiger partial charge in [-0.05, 0) is 37.1 Å². The molecule has 7 heteroatoms. The lowest BCUT2D eigenvalue weighted by Gasteiger charge is -2.27. The summed E-state index contributed by atoms with van der Waals surface area (Å²) in [7, 11) is 0. The van der Waals surface area contributed by atoms with Gasteiger partial charge in [0.25, 0.3) is 11.6 Å². The van der Waals surface area contributed by atoms with E-state index in [-0.39, 0.29) is 17.6 Å². The first-order valence-electron chi connectivity index (χ1n) is 8.47. The average molecular weight is 356 g/mol. The summed E-state index contributed by atoms with van der Waals surface area (Å²) >= 11 is 0. The molecule has 2 atom stereocenters. The van der Waals surface area contributed by atoms with Gasteiger partial charge in [0.2, 0.25) is 0 Å². The van der Waals surface area contributed by atoms with Crippen LogP contribution in [0, 0.1) is 10.1 Å². The van der Waals surface area contributed by atoms with Crippen molar-refractivity contribution in [2.24, 2.45) is 0 Å². The van der Waals surface area contributed by atoms with Crippen molar-refractivity contribution < 1.29 is 19.2 Å². The van der Waals surface area contributed by atoms with Crippen LogP contribution < -0.4 is 5.32 Å². The maximum Gasteiger partial charge on any atom is 0.269 e. The number of nitro benzene ring substituents is 1. The average Bonchev–Trinajstić information content (AvgIpc) is 2.65. The van der Waals surface area contributed by atoms with Crippen molar-refractivity contribution in [1.29, 1.82) is 0 Å². The maximum atomic E-state index is 12.3. The first-order chi connectivity index (χ1) is 12.6. The Kier molecular flexibility index (Phi) is 5.93. The zero-order chi connectivity index (χ0) is 18.4. The number of ether oxygens (including phenoxy) is 2. The molecular weight excluding hydrogens is 336 g/mol. The highest BCUT2D eigenvalue weighted by Gasteiger charge is 2.21. The predicted octanol–water partition coefficient (Wildman–Crippen LogP) is 3.22. The van der Waals surface area contributed by atoms with Crippen LogP contribution in [0.3, 0.4) is 0 Å². The fraction of sp³-hybridized carbons (Fsp3) is 0.316. The standard InChI is InChI=1S/C19H20N2O5/c22-18(14-5-2-1-3-6-14)20-16-7-4-12-25-19(26-13-16)15-8-10-17(11-9-15)21(23)24/h1-3,5-6,8-11,16,19H,4,7,12-13H2,(H,20,22)/t16-,19?/m0/s1. The molecule has 2 aromatic rings. The molecular formula is C19H20N2O5. The van der Waals surface area contributed by atoms with E-state index in [0.717, 1.165) is 12.8 Å². The number of nitro groups is 1. The zero-order valence-corrected chi connectivity index (χ0v) is 14.2. The van der Waals surface area contributed by atoms with Gasteiger partial charge in [-0.2, -0.15) is 0 Å². The molecule has 0 radical (unpaired) electrons. The minimum atomic E-state index is -0.604. The molecule has 0 aliphatic carbocycles. The van der Waals surface area contributed by atoms with Crippen molar-refractivity contribution in [3.63, 3.8) is 0 Å². The van der Waals surface area contributed by atoms with Gasteiger partial charge in [0.15, 0.2) is 6.29 Å². The SMILES string of the molecule is O=C(N[C@H]1CCCOC(c2ccc([N+](=O)[O-])cc2)OC1)c1ccccc1. The van der Waals surface area contributed by atoms with Crippen molar-refractivity contribution in [3.8, 4) is 0 Å². The van der Waals surface area contributed by atoms with E-state index in [1.807, 2.05) is 18.2 Å². The summed E-state index contributed by atoms with van der Waals surface area (Å²) in [5.74, 6) is -0.132. The van der Waals surface area contributed by atoms with Gasteiger partial charge >= 0.3 is 0 Å². The number of carbonyl (C=O) groups excluding carboxylic acids is 1. The third-order valence-corrected chi connectivity index (χ3v) is 4.16. The Bertz CT molecular complexity index is 748. The Labute approximate surface area is 151 Å². The molecule has 1 heterocycles. The minimum Gasteiger partial charge on any atom is -0.348 e. The molecule has 1 saturated heterocycles. The second-order valence-electron chi connectivity index (χ2n) is 6.06. The minimum absolute atomic E-state index is 0.0209. The fourth-order valence-corrected chi connectivity index (χ4v) is 2.77. The van der Waals surface area contributed by atoms with Crippen molar-refractivity contribution in [3.05, 3.63) is 75.8 Å². The Morgan fingerprint density at radius 3 is 2.50 bits per heavy atom. The van der Waals surface area contributed by atoms with E-state index in [4.69, 9.17) is 9.47 Å². The van der Waals surface area contributed by atoms with E-state index < -0.39 is 11.2 Å². The molecule has 1 fully saturated rings. The highest BCUT2D eigenvalue weighted by molar-refractivity contribution is 5.94. The van der Waals surface area contributed by atoms with Gasteiger partial charge in [0, 0.05) is 23.3 Å². The second-order valence-corrected chi connectivity index (χ2v) is 6.06. The summed E-state index contributed by atoms with van der Waals surface area (Å²) in [4.78, 5) is 22.6. The molecule has 0 bridgehead atoms. The van der Waals surface area contributed by atoms with Gasteiger partial charge in [-0.3, -0.25) is 14.9 Å². The summed E-state index contributed by atoms with van der Waals surface area (Å²) < 4.78 is 11.5. The third-order valence-electron chi connectivity index (χ3n) is 4.16. The number of nitrogens with zero attached hydrogens (tertiary/aromatic N) is 1. The largest absolute Gasteiger partial charge is 0.348 e. The van der Waals surface area contributed by atoms with E-state index >= 15 is 0 Å². The van der Waals surface area contributed by atoms with Crippen LogP contribution in [0.5, 0.6) is 0 Å². The van der Waals surface area contributed by atoms with Crippen LogP contribution >= 0.6 is 0 Å². The number of non-ortho nitro benzene ring substituents is 1. The van der Waals surface area contributed by atoms with Gasteiger partial charge in [-0.1, -0.05) is 18.2 Å². The van der Waals surface area contributed by atoms with Gasteiger partial charge in [0.1, 0.15) is 0 Å². The van der Waals surface area contributed by atoms with Crippen LogP contribution in [0.25, 0.3) is 0 Å². The first kappa shape index (κ1) is 18.0. The van der Waals surface area contributed by atoms with Crippen molar-refractivity contribution in [1.82, 2.24) is 5.32 Å². The monoisotopic (exact) mass is 356 g/mol. The fourth-order valence-electron chi connectivity index (χ4n) is 2.77. The molecule has 0 saturated carbocycles. The lowest BCUT2D eigenvalue weighted by atomic mass is 10.1. The van der Waals surface area contributed by atoms with Crippen molar-refractivity contribution in [2.45, 2.75) is 25.2 Å². The zero-order valence-electron chi connectivity index (χ0n) is 14.2. The number of amides is 1. The number of benzene rings is 2. The Balaban J connectivity index is 1.61. The van der Waals surface area contributed by atoms with Crippen molar-refractivity contribution >= 4 is 11.6 Å². The molecule has 3 rings (SSSR count). The topological polar surface area (TPSA) is 90.7 Å². The van der Waals surface area contributed by atoms with Crippen molar-refractivity contribution in [2.75, 3.05) is 13.2 Å². The van der Waals surface area contributed by atoms with Crippen LogP contribution in [0.2, 0.25) is 0 Å². The summed E-state index contributed by atoms with van der Waals surface area (Å²) in [6, 6.07) is 15.0. The van der Waals surface area contributed by atoms with Crippen LogP contribution in [0.15, 0.2) is 54.6 Å². The normalized spacial score (nSPS) is 20.6. The van der Waals surface area contributed by atoms with Crippen LogP contribution in [0.1, 0.15) is 35.1 Å². The Morgan fingerprint density at radius 2 is 1.81 bits per heavy atom. The molecule has 1 aliphatic rings. The summed E-state index contributed by atoms with van der Waals surface area (Å²) in [5.41, 5.74) is 1.34. The molecule has 1 aliphatic heterocycles. The van der Waals surface area contributed by atoms with E-state index in [2.05, 4.69) is 5.32 Å². The van der Waals surface area contributed by atoms with Gasteiger partial charge in [-0.25, -0.2) is 0 Å². The van der Waals surface area contributed by atoms with Gasteiger partial charge in [-0.15, -0.1) is 0 Å². The molecule has 0 spiro atoms. The molecule has 1 amide bonds. The van der Waals surface area contributed by atoms with E-state index in [9.17, 15) is 14.9 Å². The molecule has 1 unspecified atom stereocenters. The maximum absolute atomic E-state index is 12.3. The number of carbonyl (C=O) groups is 1. The highest BCUT2D eigenvalue weighted by atomic mass is 16.7. The number of nitrogens with one attached hydrogen (secondary N) is 1. The second kappa shape index (κ2) is 8.55. The number of hydrogen-bond donors (Lipinski definition) is 1. The molecule has 0 aromatic heterocycles.